The monoisotopic (exact) mass is 337 g/mol. The van der Waals surface area contributed by atoms with Crippen molar-refractivity contribution in [2.45, 2.75) is 25.4 Å². The van der Waals surface area contributed by atoms with Gasteiger partial charge in [-0.25, -0.2) is 0 Å². The lowest BCUT2D eigenvalue weighted by Gasteiger charge is -2.20. The number of hydrogen-bond donors (Lipinski definition) is 2. The van der Waals surface area contributed by atoms with Gasteiger partial charge in [-0.15, -0.1) is 0 Å². The molecule has 25 heavy (non-hydrogen) atoms. The molecular formula is C18H19N5O2. The SMILES string of the molecule is C[C@H](NC(=O)C1=NN(c2ccccc2)[C@H](C(N)=O)C1)c1ccncc1. The quantitative estimate of drug-likeness (QED) is 0.860. The number of nitrogens with one attached hydrogen (secondary N) is 1. The molecule has 0 unspecified atom stereocenters. The number of nitrogens with two attached hydrogens (primary N) is 1. The molecule has 1 aliphatic heterocycles. The van der Waals surface area contributed by atoms with E-state index in [1.165, 1.54) is 5.01 Å². The molecule has 2 aromatic rings. The molecule has 0 fully saturated rings. The zero-order valence-electron chi connectivity index (χ0n) is 13.8. The lowest BCUT2D eigenvalue weighted by Crippen LogP contribution is -2.40. The van der Waals surface area contributed by atoms with E-state index in [4.69, 9.17) is 5.73 Å². The highest BCUT2D eigenvalue weighted by Crippen LogP contribution is 2.24. The number of primary amides is 1. The van der Waals surface area contributed by atoms with Crippen molar-refractivity contribution in [2.24, 2.45) is 10.8 Å². The van der Waals surface area contributed by atoms with Crippen LogP contribution < -0.4 is 16.1 Å². The van der Waals surface area contributed by atoms with E-state index < -0.39 is 11.9 Å². The molecule has 0 aliphatic carbocycles. The Morgan fingerprint density at radius 3 is 2.52 bits per heavy atom. The molecule has 1 aromatic heterocycles. The Kier molecular flexibility index (Phi) is 4.74. The van der Waals surface area contributed by atoms with Gasteiger partial charge in [0.15, 0.2) is 0 Å². The summed E-state index contributed by atoms with van der Waals surface area (Å²) >= 11 is 0. The second-order valence-corrected chi connectivity index (χ2v) is 5.82. The number of benzene rings is 1. The summed E-state index contributed by atoms with van der Waals surface area (Å²) in [6.45, 7) is 1.88. The Morgan fingerprint density at radius 1 is 1.20 bits per heavy atom. The molecule has 7 heteroatoms. The molecule has 1 aromatic carbocycles. The fourth-order valence-corrected chi connectivity index (χ4v) is 2.70. The zero-order valence-corrected chi connectivity index (χ0v) is 13.8. The average Bonchev–Trinajstić information content (AvgIpc) is 3.09. The van der Waals surface area contributed by atoms with Gasteiger partial charge in [-0.05, 0) is 36.8 Å². The molecule has 3 N–H and O–H groups in total. The van der Waals surface area contributed by atoms with E-state index in [2.05, 4.69) is 15.4 Å². The summed E-state index contributed by atoms with van der Waals surface area (Å²) in [4.78, 5) is 28.3. The molecular weight excluding hydrogens is 318 g/mol. The maximum Gasteiger partial charge on any atom is 0.268 e. The summed E-state index contributed by atoms with van der Waals surface area (Å²) < 4.78 is 0. The summed E-state index contributed by atoms with van der Waals surface area (Å²) in [5.41, 5.74) is 7.43. The molecule has 0 saturated heterocycles. The zero-order chi connectivity index (χ0) is 17.8. The molecule has 7 nitrogen and oxygen atoms in total. The number of hydrazone groups is 1. The Bertz CT molecular complexity index is 792. The van der Waals surface area contributed by atoms with Crippen molar-refractivity contribution in [3.8, 4) is 0 Å². The highest BCUT2D eigenvalue weighted by Gasteiger charge is 2.35. The summed E-state index contributed by atoms with van der Waals surface area (Å²) in [6, 6.07) is 12.0. The predicted molar refractivity (Wildman–Crippen MR) is 94.8 cm³/mol. The van der Waals surface area contributed by atoms with Crippen molar-refractivity contribution >= 4 is 23.2 Å². The Labute approximate surface area is 145 Å². The summed E-state index contributed by atoms with van der Waals surface area (Å²) in [5, 5.41) is 8.73. The van der Waals surface area contributed by atoms with Gasteiger partial charge in [0, 0.05) is 18.8 Å². The third-order valence-corrected chi connectivity index (χ3v) is 4.08. The number of amides is 2. The van der Waals surface area contributed by atoms with E-state index in [0.29, 0.717) is 0 Å². The Morgan fingerprint density at radius 2 is 1.88 bits per heavy atom. The van der Waals surface area contributed by atoms with Gasteiger partial charge in [0.25, 0.3) is 5.91 Å². The van der Waals surface area contributed by atoms with Gasteiger partial charge >= 0.3 is 0 Å². The number of carbonyl (C=O) groups is 2. The van der Waals surface area contributed by atoms with Gasteiger partial charge in [-0.2, -0.15) is 5.10 Å². The Hall–Kier alpha value is -3.22. The second kappa shape index (κ2) is 7.12. The molecule has 0 spiro atoms. The number of aromatic nitrogens is 1. The van der Waals surface area contributed by atoms with Gasteiger partial charge in [-0.1, -0.05) is 18.2 Å². The fraction of sp³-hybridized carbons (Fsp3) is 0.222. The van der Waals surface area contributed by atoms with Crippen molar-refractivity contribution in [2.75, 3.05) is 5.01 Å². The maximum absolute atomic E-state index is 12.5. The van der Waals surface area contributed by atoms with Crippen molar-refractivity contribution in [1.82, 2.24) is 10.3 Å². The summed E-state index contributed by atoms with van der Waals surface area (Å²) in [6.07, 6.45) is 3.52. The van der Waals surface area contributed by atoms with Crippen molar-refractivity contribution in [1.29, 1.82) is 0 Å². The van der Waals surface area contributed by atoms with Gasteiger partial charge in [0.1, 0.15) is 11.8 Å². The van der Waals surface area contributed by atoms with Crippen LogP contribution in [0.25, 0.3) is 0 Å². The van der Waals surface area contributed by atoms with Crippen LogP contribution in [0, 0.1) is 0 Å². The van der Waals surface area contributed by atoms with E-state index in [1.54, 1.807) is 12.4 Å². The van der Waals surface area contributed by atoms with Crippen LogP contribution in [-0.4, -0.2) is 28.6 Å². The first-order chi connectivity index (χ1) is 12.1. The Balaban J connectivity index is 1.77. The lowest BCUT2D eigenvalue weighted by molar-refractivity contribution is -0.119. The number of rotatable bonds is 5. The molecule has 0 bridgehead atoms. The number of hydrogen-bond acceptors (Lipinski definition) is 5. The van der Waals surface area contributed by atoms with Crippen LogP contribution in [0.4, 0.5) is 5.69 Å². The van der Waals surface area contributed by atoms with E-state index >= 15 is 0 Å². The smallest absolute Gasteiger partial charge is 0.268 e. The number of para-hydroxylation sites is 1. The van der Waals surface area contributed by atoms with Crippen LogP contribution >= 0.6 is 0 Å². The highest BCUT2D eigenvalue weighted by atomic mass is 16.2. The first kappa shape index (κ1) is 16.6. The third kappa shape index (κ3) is 3.65. The lowest BCUT2D eigenvalue weighted by atomic mass is 10.1. The molecule has 2 amide bonds. The molecule has 2 atom stereocenters. The largest absolute Gasteiger partial charge is 0.368 e. The second-order valence-electron chi connectivity index (χ2n) is 5.82. The van der Waals surface area contributed by atoms with E-state index in [0.717, 1.165) is 11.3 Å². The standard InChI is InChI=1S/C18H19N5O2/c1-12(13-7-9-20-10-8-13)21-18(25)15-11-16(17(19)24)23(22-15)14-5-3-2-4-6-14/h2-10,12,16H,11H2,1H3,(H2,19,24)(H,21,25)/t12-,16-/m0/s1. The number of carbonyl (C=O) groups excluding carboxylic acids is 2. The first-order valence-corrected chi connectivity index (χ1v) is 7.98. The molecule has 128 valence electrons. The molecule has 0 radical (unpaired) electrons. The molecule has 2 heterocycles. The topological polar surface area (TPSA) is 101 Å². The van der Waals surface area contributed by atoms with Crippen LogP contribution in [0.2, 0.25) is 0 Å². The first-order valence-electron chi connectivity index (χ1n) is 7.98. The van der Waals surface area contributed by atoms with Crippen molar-refractivity contribution in [3.05, 3.63) is 60.4 Å². The van der Waals surface area contributed by atoms with Crippen LogP contribution in [-0.2, 0) is 9.59 Å². The van der Waals surface area contributed by atoms with Crippen molar-refractivity contribution < 1.29 is 9.59 Å². The van der Waals surface area contributed by atoms with E-state index in [9.17, 15) is 9.59 Å². The van der Waals surface area contributed by atoms with Crippen LogP contribution in [0.3, 0.4) is 0 Å². The number of nitrogens with zero attached hydrogens (tertiary/aromatic N) is 3. The minimum Gasteiger partial charge on any atom is -0.368 e. The van der Waals surface area contributed by atoms with E-state index in [1.807, 2.05) is 49.4 Å². The van der Waals surface area contributed by atoms with Crippen molar-refractivity contribution in [3.63, 3.8) is 0 Å². The molecule has 3 rings (SSSR count). The average molecular weight is 337 g/mol. The van der Waals surface area contributed by atoms with Gasteiger partial charge in [0.2, 0.25) is 5.91 Å². The maximum atomic E-state index is 12.5. The summed E-state index contributed by atoms with van der Waals surface area (Å²) in [7, 11) is 0. The number of anilines is 1. The third-order valence-electron chi connectivity index (χ3n) is 4.08. The minimum atomic E-state index is -0.667. The predicted octanol–water partition coefficient (Wildman–Crippen LogP) is 1.38. The van der Waals surface area contributed by atoms with Crippen LogP contribution in [0.15, 0.2) is 60.0 Å². The molecule has 1 aliphatic rings. The van der Waals surface area contributed by atoms with Gasteiger partial charge in [0.05, 0.1) is 11.7 Å². The molecule has 0 saturated carbocycles. The fourth-order valence-electron chi connectivity index (χ4n) is 2.70. The normalized spacial score (nSPS) is 17.7. The van der Waals surface area contributed by atoms with E-state index in [-0.39, 0.29) is 24.1 Å². The number of pyridine rings is 1. The summed E-state index contributed by atoms with van der Waals surface area (Å²) in [5.74, 6) is -0.827. The van der Waals surface area contributed by atoms with Gasteiger partial charge < -0.3 is 11.1 Å². The highest BCUT2D eigenvalue weighted by molar-refractivity contribution is 6.40. The van der Waals surface area contributed by atoms with Crippen LogP contribution in [0.5, 0.6) is 0 Å². The minimum absolute atomic E-state index is 0.180. The van der Waals surface area contributed by atoms with Gasteiger partial charge in [-0.3, -0.25) is 19.6 Å². The van der Waals surface area contributed by atoms with Crippen LogP contribution in [0.1, 0.15) is 24.9 Å².